The normalized spacial score (nSPS) is 15.1. The number of amides is 3. The number of hydrogen-bond donors (Lipinski definition) is 3. The molecule has 0 spiro atoms. The third-order valence-electron chi connectivity index (χ3n) is 5.99. The van der Waals surface area contributed by atoms with Gasteiger partial charge in [0.15, 0.2) is 11.5 Å². The summed E-state index contributed by atoms with van der Waals surface area (Å²) in [6.07, 6.45) is 7.10. The van der Waals surface area contributed by atoms with Crippen LogP contribution in [0.15, 0.2) is 30.5 Å². The molecule has 1 unspecified atom stereocenters. The fourth-order valence-electron chi connectivity index (χ4n) is 4.10. The number of unbranched alkanes of at least 4 members (excludes halogenated alkanes) is 3. The standard InChI is InChI=1S/C26H34N4O6/c1-34-20-15-18(16-21(35-2)24(20)36-3)28-25-17(10-8-14-27-25)9-6-4-5-7-11-22(31)29-19-12-13-23(32)30-26(19)33/h8,10,14-16,19H,4-7,9,11-13H2,1-3H3,(H,27,28)(H,29,31)(H,30,32,33). The predicted molar refractivity (Wildman–Crippen MR) is 135 cm³/mol. The van der Waals surface area contributed by atoms with E-state index in [0.29, 0.717) is 30.1 Å². The molecule has 2 heterocycles. The molecule has 0 bridgehead atoms. The van der Waals surface area contributed by atoms with E-state index in [-0.39, 0.29) is 18.2 Å². The van der Waals surface area contributed by atoms with Gasteiger partial charge in [-0.2, -0.15) is 0 Å². The van der Waals surface area contributed by atoms with Crippen LogP contribution in [0.1, 0.15) is 50.5 Å². The molecule has 10 heteroatoms. The first-order chi connectivity index (χ1) is 17.4. The number of carbonyl (C=O) groups excluding carboxylic acids is 3. The highest BCUT2D eigenvalue weighted by Gasteiger charge is 2.27. The van der Waals surface area contributed by atoms with Gasteiger partial charge in [0.2, 0.25) is 23.5 Å². The Balaban J connectivity index is 1.45. The number of ether oxygens (including phenoxy) is 3. The molecule has 3 rings (SSSR count). The summed E-state index contributed by atoms with van der Waals surface area (Å²) in [6, 6.07) is 7.01. The average Bonchev–Trinajstić information content (AvgIpc) is 2.88. The Morgan fingerprint density at radius 2 is 1.78 bits per heavy atom. The van der Waals surface area contributed by atoms with E-state index in [1.165, 1.54) is 0 Å². The van der Waals surface area contributed by atoms with Crippen LogP contribution in [0, 0.1) is 0 Å². The Hall–Kier alpha value is -3.82. The number of methoxy groups -OCH3 is 3. The molecule has 2 aromatic rings. The number of aryl methyl sites for hydroxylation is 1. The lowest BCUT2D eigenvalue weighted by Crippen LogP contribution is -2.52. The Bertz CT molecular complexity index is 1050. The van der Waals surface area contributed by atoms with Crippen LogP contribution in [-0.2, 0) is 20.8 Å². The molecule has 194 valence electrons. The molecule has 36 heavy (non-hydrogen) atoms. The maximum Gasteiger partial charge on any atom is 0.249 e. The number of nitrogens with zero attached hydrogens (tertiary/aromatic N) is 1. The first-order valence-corrected chi connectivity index (χ1v) is 12.1. The molecule has 10 nitrogen and oxygen atoms in total. The van der Waals surface area contributed by atoms with Crippen LogP contribution >= 0.6 is 0 Å². The maximum absolute atomic E-state index is 12.1. The summed E-state index contributed by atoms with van der Waals surface area (Å²) in [5.74, 6) is 1.52. The topological polar surface area (TPSA) is 128 Å². The molecule has 1 aliphatic rings. The van der Waals surface area contributed by atoms with E-state index >= 15 is 0 Å². The van der Waals surface area contributed by atoms with E-state index in [0.717, 1.165) is 49.2 Å². The molecular formula is C26H34N4O6. The molecule has 3 N–H and O–H groups in total. The van der Waals surface area contributed by atoms with Crippen molar-refractivity contribution in [2.45, 2.75) is 57.4 Å². The van der Waals surface area contributed by atoms with Gasteiger partial charge in [0.05, 0.1) is 21.3 Å². The fourth-order valence-corrected chi connectivity index (χ4v) is 4.10. The monoisotopic (exact) mass is 498 g/mol. The Morgan fingerprint density at radius 3 is 2.44 bits per heavy atom. The quantitative estimate of drug-likeness (QED) is 0.284. The van der Waals surface area contributed by atoms with E-state index in [1.54, 1.807) is 27.5 Å². The Labute approximate surface area is 211 Å². The number of piperidine rings is 1. The maximum atomic E-state index is 12.1. The number of carbonyl (C=O) groups is 3. The van der Waals surface area contributed by atoms with E-state index in [4.69, 9.17) is 14.2 Å². The number of hydrogen-bond acceptors (Lipinski definition) is 8. The van der Waals surface area contributed by atoms with E-state index in [1.807, 2.05) is 24.3 Å². The van der Waals surface area contributed by atoms with Crippen LogP contribution in [0.3, 0.4) is 0 Å². The highest BCUT2D eigenvalue weighted by Crippen LogP contribution is 2.40. The number of rotatable bonds is 13. The SMILES string of the molecule is COc1cc(Nc2ncccc2CCCCCCC(=O)NC2CCC(=O)NC2=O)cc(OC)c1OC. The van der Waals surface area contributed by atoms with Gasteiger partial charge in [0.25, 0.3) is 0 Å². The van der Waals surface area contributed by atoms with Crippen LogP contribution in [0.2, 0.25) is 0 Å². The number of imide groups is 1. The number of pyridine rings is 1. The van der Waals surface area contributed by atoms with Gasteiger partial charge in [-0.25, -0.2) is 4.98 Å². The third kappa shape index (κ3) is 7.34. The summed E-state index contributed by atoms with van der Waals surface area (Å²) in [4.78, 5) is 39.6. The van der Waals surface area contributed by atoms with Crippen LogP contribution < -0.4 is 30.2 Å². The summed E-state index contributed by atoms with van der Waals surface area (Å²) in [5, 5.41) is 8.32. The zero-order chi connectivity index (χ0) is 25.9. The van der Waals surface area contributed by atoms with Crippen molar-refractivity contribution < 1.29 is 28.6 Å². The molecule has 1 saturated heterocycles. The number of aromatic nitrogens is 1. The van der Waals surface area contributed by atoms with E-state index in [2.05, 4.69) is 20.9 Å². The minimum absolute atomic E-state index is 0.159. The van der Waals surface area contributed by atoms with Gasteiger partial charge in [-0.1, -0.05) is 18.9 Å². The van der Waals surface area contributed by atoms with Crippen molar-refractivity contribution in [2.24, 2.45) is 0 Å². The van der Waals surface area contributed by atoms with Crippen LogP contribution in [0.25, 0.3) is 0 Å². The zero-order valence-corrected chi connectivity index (χ0v) is 21.0. The lowest BCUT2D eigenvalue weighted by molar-refractivity contribution is -0.137. The summed E-state index contributed by atoms with van der Waals surface area (Å²) >= 11 is 0. The van der Waals surface area contributed by atoms with Crippen molar-refractivity contribution in [3.63, 3.8) is 0 Å². The van der Waals surface area contributed by atoms with Gasteiger partial charge in [0, 0.05) is 36.9 Å². The highest BCUT2D eigenvalue weighted by atomic mass is 16.5. The summed E-state index contributed by atoms with van der Waals surface area (Å²) in [7, 11) is 4.71. The highest BCUT2D eigenvalue weighted by molar-refractivity contribution is 6.01. The van der Waals surface area contributed by atoms with Crippen molar-refractivity contribution in [1.29, 1.82) is 0 Å². The lowest BCUT2D eigenvalue weighted by atomic mass is 10.0. The van der Waals surface area contributed by atoms with Crippen LogP contribution in [0.5, 0.6) is 17.2 Å². The molecule has 1 fully saturated rings. The van der Waals surface area contributed by atoms with Crippen molar-refractivity contribution in [1.82, 2.24) is 15.6 Å². The second kappa shape index (κ2) is 13.3. The number of anilines is 2. The summed E-state index contributed by atoms with van der Waals surface area (Å²) in [5.41, 5.74) is 1.85. The first-order valence-electron chi connectivity index (χ1n) is 12.1. The second-order valence-corrected chi connectivity index (χ2v) is 8.54. The summed E-state index contributed by atoms with van der Waals surface area (Å²) < 4.78 is 16.2. The van der Waals surface area contributed by atoms with Gasteiger partial charge in [-0.15, -0.1) is 0 Å². The molecule has 0 aliphatic carbocycles. The minimum atomic E-state index is -0.614. The average molecular weight is 499 g/mol. The molecule has 1 aromatic heterocycles. The smallest absolute Gasteiger partial charge is 0.249 e. The molecule has 1 aromatic carbocycles. The predicted octanol–water partition coefficient (Wildman–Crippen LogP) is 3.27. The fraction of sp³-hybridized carbons (Fsp3) is 0.462. The van der Waals surface area contributed by atoms with Crippen molar-refractivity contribution in [2.75, 3.05) is 26.6 Å². The number of nitrogens with one attached hydrogen (secondary N) is 3. The van der Waals surface area contributed by atoms with Crippen molar-refractivity contribution >= 4 is 29.2 Å². The van der Waals surface area contributed by atoms with Crippen molar-refractivity contribution in [3.8, 4) is 17.2 Å². The minimum Gasteiger partial charge on any atom is -0.493 e. The molecule has 3 amide bonds. The zero-order valence-electron chi connectivity index (χ0n) is 21.0. The molecule has 0 radical (unpaired) electrons. The Kier molecular flexibility index (Phi) is 9.91. The second-order valence-electron chi connectivity index (χ2n) is 8.54. The largest absolute Gasteiger partial charge is 0.493 e. The van der Waals surface area contributed by atoms with E-state index < -0.39 is 11.9 Å². The molecule has 0 saturated carbocycles. The van der Waals surface area contributed by atoms with Gasteiger partial charge >= 0.3 is 0 Å². The molecule has 1 aliphatic heterocycles. The van der Waals surface area contributed by atoms with Gasteiger partial charge in [-0.3, -0.25) is 19.7 Å². The number of benzene rings is 1. The van der Waals surface area contributed by atoms with Gasteiger partial charge < -0.3 is 24.8 Å². The van der Waals surface area contributed by atoms with Crippen LogP contribution in [0.4, 0.5) is 11.5 Å². The first kappa shape index (κ1) is 26.8. The molecule has 1 atom stereocenters. The van der Waals surface area contributed by atoms with Crippen LogP contribution in [-0.4, -0.2) is 50.1 Å². The van der Waals surface area contributed by atoms with Crippen molar-refractivity contribution in [3.05, 3.63) is 36.0 Å². The lowest BCUT2D eigenvalue weighted by Gasteiger charge is -2.21. The summed E-state index contributed by atoms with van der Waals surface area (Å²) in [6.45, 7) is 0. The third-order valence-corrected chi connectivity index (χ3v) is 5.99. The molecular weight excluding hydrogens is 464 g/mol. The Morgan fingerprint density at radius 1 is 1.06 bits per heavy atom. The van der Waals surface area contributed by atoms with Gasteiger partial charge in [0.1, 0.15) is 11.9 Å². The van der Waals surface area contributed by atoms with Gasteiger partial charge in [-0.05, 0) is 37.3 Å². The van der Waals surface area contributed by atoms with E-state index in [9.17, 15) is 14.4 Å².